The summed E-state index contributed by atoms with van der Waals surface area (Å²) in [7, 11) is 0. The first-order valence-electron chi connectivity index (χ1n) is 6.99. The molecule has 0 saturated heterocycles. The van der Waals surface area contributed by atoms with Crippen LogP contribution >= 0.6 is 0 Å². The van der Waals surface area contributed by atoms with Gasteiger partial charge >= 0.3 is 0 Å². The van der Waals surface area contributed by atoms with Crippen LogP contribution in [0.3, 0.4) is 0 Å². The Balaban J connectivity index is 2.38. The summed E-state index contributed by atoms with van der Waals surface area (Å²) in [5.41, 5.74) is 0.643. The van der Waals surface area contributed by atoms with Gasteiger partial charge in [0.15, 0.2) is 0 Å². The van der Waals surface area contributed by atoms with Crippen molar-refractivity contribution < 1.29 is 9.53 Å². The van der Waals surface area contributed by atoms with Gasteiger partial charge in [-0.3, -0.25) is 4.79 Å². The molecule has 0 aromatic heterocycles. The molecule has 4 nitrogen and oxygen atoms in total. The van der Waals surface area contributed by atoms with E-state index in [9.17, 15) is 4.79 Å². The van der Waals surface area contributed by atoms with Crippen LogP contribution in [0, 0.1) is 0 Å². The summed E-state index contributed by atoms with van der Waals surface area (Å²) in [5, 5.41) is 6.13. The van der Waals surface area contributed by atoms with E-state index in [1.54, 1.807) is 12.1 Å². The van der Waals surface area contributed by atoms with Gasteiger partial charge in [-0.15, -0.1) is 0 Å². The molecule has 0 fully saturated rings. The van der Waals surface area contributed by atoms with E-state index in [4.69, 9.17) is 4.74 Å². The fourth-order valence-electron chi connectivity index (χ4n) is 1.62. The van der Waals surface area contributed by atoms with Gasteiger partial charge in [0.1, 0.15) is 5.75 Å². The molecule has 0 heterocycles. The van der Waals surface area contributed by atoms with Crippen molar-refractivity contribution in [3.63, 3.8) is 0 Å². The van der Waals surface area contributed by atoms with Crippen molar-refractivity contribution in [2.24, 2.45) is 0 Å². The molecule has 106 valence electrons. The lowest BCUT2D eigenvalue weighted by molar-refractivity contribution is 0.0953. The van der Waals surface area contributed by atoms with E-state index in [0.717, 1.165) is 31.7 Å². The zero-order valence-electron chi connectivity index (χ0n) is 11.9. The SMILES string of the molecule is CCCNCCNC(=O)c1cccc(OCCC)c1. The fourth-order valence-corrected chi connectivity index (χ4v) is 1.62. The highest BCUT2D eigenvalue weighted by Gasteiger charge is 2.05. The van der Waals surface area contributed by atoms with Crippen molar-refractivity contribution in [2.75, 3.05) is 26.2 Å². The first-order valence-corrected chi connectivity index (χ1v) is 6.99. The molecule has 0 unspecified atom stereocenters. The number of carbonyl (C=O) groups excluding carboxylic acids is 1. The van der Waals surface area contributed by atoms with Crippen LogP contribution in [0.5, 0.6) is 5.75 Å². The highest BCUT2D eigenvalue weighted by molar-refractivity contribution is 5.94. The maximum absolute atomic E-state index is 11.9. The summed E-state index contributed by atoms with van der Waals surface area (Å²) >= 11 is 0. The molecule has 0 bridgehead atoms. The molecule has 1 aromatic rings. The average Bonchev–Trinajstić information content (AvgIpc) is 2.45. The third-order valence-electron chi connectivity index (χ3n) is 2.58. The monoisotopic (exact) mass is 264 g/mol. The highest BCUT2D eigenvalue weighted by atomic mass is 16.5. The number of hydrogen-bond donors (Lipinski definition) is 2. The number of rotatable bonds is 9. The van der Waals surface area contributed by atoms with Crippen LogP contribution < -0.4 is 15.4 Å². The van der Waals surface area contributed by atoms with Gasteiger partial charge in [-0.1, -0.05) is 19.9 Å². The molecule has 0 aliphatic carbocycles. The van der Waals surface area contributed by atoms with E-state index < -0.39 is 0 Å². The second-order valence-electron chi connectivity index (χ2n) is 4.38. The van der Waals surface area contributed by atoms with Gasteiger partial charge in [0.05, 0.1) is 6.61 Å². The van der Waals surface area contributed by atoms with E-state index in [1.807, 2.05) is 12.1 Å². The van der Waals surface area contributed by atoms with Crippen molar-refractivity contribution >= 4 is 5.91 Å². The Bertz CT molecular complexity index is 380. The predicted octanol–water partition coefficient (Wildman–Crippen LogP) is 2.20. The van der Waals surface area contributed by atoms with Crippen molar-refractivity contribution in [3.8, 4) is 5.75 Å². The van der Waals surface area contributed by atoms with Crippen LogP contribution in [0.1, 0.15) is 37.0 Å². The molecule has 19 heavy (non-hydrogen) atoms. The maximum Gasteiger partial charge on any atom is 0.251 e. The topological polar surface area (TPSA) is 50.4 Å². The zero-order chi connectivity index (χ0) is 13.9. The van der Waals surface area contributed by atoms with Crippen molar-refractivity contribution in [1.29, 1.82) is 0 Å². The lowest BCUT2D eigenvalue weighted by Crippen LogP contribution is -2.32. The number of amides is 1. The van der Waals surface area contributed by atoms with Crippen molar-refractivity contribution in [1.82, 2.24) is 10.6 Å². The zero-order valence-corrected chi connectivity index (χ0v) is 11.9. The summed E-state index contributed by atoms with van der Waals surface area (Å²) in [5.74, 6) is 0.693. The Labute approximate surface area is 115 Å². The van der Waals surface area contributed by atoms with Crippen LogP contribution in [-0.4, -0.2) is 32.1 Å². The fraction of sp³-hybridized carbons (Fsp3) is 0.533. The van der Waals surface area contributed by atoms with Crippen LogP contribution in [-0.2, 0) is 0 Å². The third kappa shape index (κ3) is 6.25. The Morgan fingerprint density at radius 2 is 2.00 bits per heavy atom. The molecule has 2 N–H and O–H groups in total. The van der Waals surface area contributed by atoms with E-state index in [-0.39, 0.29) is 5.91 Å². The Morgan fingerprint density at radius 1 is 1.16 bits per heavy atom. The highest BCUT2D eigenvalue weighted by Crippen LogP contribution is 2.13. The van der Waals surface area contributed by atoms with E-state index >= 15 is 0 Å². The second kappa shape index (κ2) is 9.39. The minimum absolute atomic E-state index is 0.0553. The Kier molecular flexibility index (Phi) is 7.66. The van der Waals surface area contributed by atoms with Crippen molar-refractivity contribution in [3.05, 3.63) is 29.8 Å². The lowest BCUT2D eigenvalue weighted by atomic mass is 10.2. The van der Waals surface area contributed by atoms with Crippen molar-refractivity contribution in [2.45, 2.75) is 26.7 Å². The van der Waals surface area contributed by atoms with Crippen LogP contribution in [0.15, 0.2) is 24.3 Å². The molecule has 0 spiro atoms. The van der Waals surface area contributed by atoms with Crippen LogP contribution in [0.2, 0.25) is 0 Å². The normalized spacial score (nSPS) is 10.2. The van der Waals surface area contributed by atoms with Gasteiger partial charge in [-0.25, -0.2) is 0 Å². The molecule has 0 aliphatic rings. The molecule has 1 rings (SSSR count). The largest absolute Gasteiger partial charge is 0.494 e. The van der Waals surface area contributed by atoms with E-state index in [0.29, 0.717) is 18.7 Å². The summed E-state index contributed by atoms with van der Waals surface area (Å²) in [4.78, 5) is 11.9. The summed E-state index contributed by atoms with van der Waals surface area (Å²) in [6.45, 7) is 7.26. The van der Waals surface area contributed by atoms with Crippen LogP contribution in [0.4, 0.5) is 0 Å². The van der Waals surface area contributed by atoms with Crippen LogP contribution in [0.25, 0.3) is 0 Å². The molecule has 1 aromatic carbocycles. The standard InChI is InChI=1S/C15H24N2O2/c1-3-8-16-9-10-17-15(18)13-6-5-7-14(12-13)19-11-4-2/h5-7,12,16H,3-4,8-11H2,1-2H3,(H,17,18). The minimum Gasteiger partial charge on any atom is -0.494 e. The maximum atomic E-state index is 11.9. The average molecular weight is 264 g/mol. The second-order valence-corrected chi connectivity index (χ2v) is 4.38. The molecular formula is C15H24N2O2. The molecule has 0 radical (unpaired) electrons. The molecule has 4 heteroatoms. The molecule has 0 aliphatic heterocycles. The number of nitrogens with one attached hydrogen (secondary N) is 2. The summed E-state index contributed by atoms with van der Waals surface area (Å²) in [6.07, 6.45) is 2.06. The molecule has 0 saturated carbocycles. The van der Waals surface area contributed by atoms with Gasteiger partial charge in [0, 0.05) is 18.7 Å². The first kappa shape index (κ1) is 15.5. The van der Waals surface area contributed by atoms with E-state index in [1.165, 1.54) is 0 Å². The molecule has 0 atom stereocenters. The Morgan fingerprint density at radius 3 is 2.74 bits per heavy atom. The predicted molar refractivity (Wildman–Crippen MR) is 77.7 cm³/mol. The lowest BCUT2D eigenvalue weighted by Gasteiger charge is -2.08. The number of carbonyl (C=O) groups is 1. The first-order chi connectivity index (χ1) is 9.27. The van der Waals surface area contributed by atoms with E-state index in [2.05, 4.69) is 24.5 Å². The third-order valence-corrected chi connectivity index (χ3v) is 2.58. The van der Waals surface area contributed by atoms with Gasteiger partial charge in [0.2, 0.25) is 0 Å². The molecular weight excluding hydrogens is 240 g/mol. The number of benzene rings is 1. The minimum atomic E-state index is -0.0553. The number of ether oxygens (including phenoxy) is 1. The molecule has 1 amide bonds. The van der Waals surface area contributed by atoms with Gasteiger partial charge in [-0.2, -0.15) is 0 Å². The Hall–Kier alpha value is -1.55. The quantitative estimate of drug-likeness (QED) is 0.672. The summed E-state index contributed by atoms with van der Waals surface area (Å²) in [6, 6.07) is 7.29. The summed E-state index contributed by atoms with van der Waals surface area (Å²) < 4.78 is 5.51. The van der Waals surface area contributed by atoms with Gasteiger partial charge in [-0.05, 0) is 37.6 Å². The van der Waals surface area contributed by atoms with Gasteiger partial charge in [0.25, 0.3) is 5.91 Å². The number of hydrogen-bond acceptors (Lipinski definition) is 3. The smallest absolute Gasteiger partial charge is 0.251 e. The van der Waals surface area contributed by atoms with Gasteiger partial charge < -0.3 is 15.4 Å².